The molecule has 4 nitrogen and oxygen atoms in total. The van der Waals surface area contributed by atoms with E-state index in [4.69, 9.17) is 16.4 Å². The van der Waals surface area contributed by atoms with Crippen LogP contribution in [0.5, 0.6) is 0 Å². The van der Waals surface area contributed by atoms with E-state index in [9.17, 15) is 0 Å². The minimum absolute atomic E-state index is 0.00578. The Morgan fingerprint density at radius 2 is 1.92 bits per heavy atom. The molecule has 1 aromatic heterocycles. The molecule has 2 unspecified atom stereocenters. The second-order valence-corrected chi connectivity index (χ2v) is 7.39. The second kappa shape index (κ2) is 6.88. The van der Waals surface area contributed by atoms with Crippen LogP contribution in [0.25, 0.3) is 0 Å². The van der Waals surface area contributed by atoms with Crippen LogP contribution in [-0.4, -0.2) is 22.1 Å². The van der Waals surface area contributed by atoms with Crippen LogP contribution in [-0.2, 0) is 16.8 Å². The molecule has 1 aliphatic heterocycles. The van der Waals surface area contributed by atoms with E-state index in [1.165, 1.54) is 16.7 Å². The Labute approximate surface area is 158 Å². The molecule has 26 heavy (non-hydrogen) atoms. The summed E-state index contributed by atoms with van der Waals surface area (Å²) in [4.78, 5) is 14.0. The fourth-order valence-corrected chi connectivity index (χ4v) is 3.87. The summed E-state index contributed by atoms with van der Waals surface area (Å²) in [7, 11) is 2.01. The molecule has 2 heterocycles. The molecular formula is C21H22ClN3O. The topological polar surface area (TPSA) is 41.2 Å². The lowest BCUT2D eigenvalue weighted by Crippen LogP contribution is -2.40. The summed E-state index contributed by atoms with van der Waals surface area (Å²) in [6, 6.07) is 16.6. The smallest absolute Gasteiger partial charge is 0.108 e. The Kier molecular flexibility index (Phi) is 4.57. The number of imidazole rings is 1. The van der Waals surface area contributed by atoms with E-state index in [1.807, 2.05) is 30.4 Å². The third-order valence-electron chi connectivity index (χ3n) is 5.26. The number of rotatable bonds is 4. The van der Waals surface area contributed by atoms with Crippen molar-refractivity contribution in [1.82, 2.24) is 15.0 Å². The first-order chi connectivity index (χ1) is 12.6. The fraction of sp³-hybridized carbons (Fsp3) is 0.286. The molecule has 1 N–H and O–H groups in total. The molecule has 1 aliphatic rings. The third-order valence-corrected chi connectivity index (χ3v) is 5.51. The molecule has 0 bridgehead atoms. The first-order valence-corrected chi connectivity index (χ1v) is 9.16. The van der Waals surface area contributed by atoms with Gasteiger partial charge in [-0.05, 0) is 30.2 Å². The van der Waals surface area contributed by atoms with Crippen molar-refractivity contribution >= 4 is 11.6 Å². The Morgan fingerprint density at radius 1 is 1.19 bits per heavy atom. The average Bonchev–Trinajstić information content (AvgIpc) is 3.25. The van der Waals surface area contributed by atoms with Crippen molar-refractivity contribution in [2.24, 2.45) is 0 Å². The molecule has 0 aliphatic carbocycles. The number of aromatic nitrogens is 2. The number of hydroxylamine groups is 2. The number of hydrogen-bond acceptors (Lipinski definition) is 3. The highest BCUT2D eigenvalue weighted by Gasteiger charge is 2.47. The van der Waals surface area contributed by atoms with Crippen LogP contribution < -0.4 is 0 Å². The summed E-state index contributed by atoms with van der Waals surface area (Å²) >= 11 is 6.12. The molecule has 5 heteroatoms. The van der Waals surface area contributed by atoms with E-state index in [1.54, 1.807) is 6.20 Å². The molecule has 0 amide bonds. The van der Waals surface area contributed by atoms with Gasteiger partial charge in [0, 0.05) is 37.3 Å². The summed E-state index contributed by atoms with van der Waals surface area (Å²) in [5.41, 5.74) is 3.31. The molecule has 0 saturated carbocycles. The van der Waals surface area contributed by atoms with E-state index in [0.29, 0.717) is 0 Å². The first-order valence-electron chi connectivity index (χ1n) is 8.78. The highest BCUT2D eigenvalue weighted by molar-refractivity contribution is 6.30. The van der Waals surface area contributed by atoms with E-state index in [-0.39, 0.29) is 11.6 Å². The summed E-state index contributed by atoms with van der Waals surface area (Å²) in [6.07, 6.45) is 5.23. The largest absolute Gasteiger partial charge is 0.349 e. The monoisotopic (exact) mass is 367 g/mol. The van der Waals surface area contributed by atoms with Crippen molar-refractivity contribution in [2.75, 3.05) is 7.05 Å². The SMILES string of the molecule is Cc1ccc(C2CC(Cc3ncc[nH]3)(c3ccc(Cl)cc3)N(C)O2)cc1. The van der Waals surface area contributed by atoms with E-state index in [0.717, 1.165) is 23.7 Å². The maximum absolute atomic E-state index is 6.30. The zero-order valence-corrected chi connectivity index (χ0v) is 15.7. The predicted molar refractivity (Wildman–Crippen MR) is 103 cm³/mol. The molecular weight excluding hydrogens is 346 g/mol. The average molecular weight is 368 g/mol. The molecule has 3 aromatic rings. The van der Waals surface area contributed by atoms with Crippen molar-refractivity contribution in [3.63, 3.8) is 0 Å². The summed E-state index contributed by atoms with van der Waals surface area (Å²) < 4.78 is 0. The zero-order chi connectivity index (χ0) is 18.1. The highest BCUT2D eigenvalue weighted by atomic mass is 35.5. The lowest BCUT2D eigenvalue weighted by atomic mass is 9.81. The van der Waals surface area contributed by atoms with Crippen LogP contribution in [0.15, 0.2) is 60.9 Å². The number of nitrogens with zero attached hydrogens (tertiary/aromatic N) is 2. The zero-order valence-electron chi connectivity index (χ0n) is 14.9. The third kappa shape index (κ3) is 3.16. The minimum atomic E-state index is -0.308. The van der Waals surface area contributed by atoms with Gasteiger partial charge in [0.15, 0.2) is 0 Å². The number of nitrogens with one attached hydrogen (secondary N) is 1. The fourth-order valence-electron chi connectivity index (χ4n) is 3.74. The lowest BCUT2D eigenvalue weighted by Gasteiger charge is -2.34. The number of aryl methyl sites for hydroxylation is 1. The van der Waals surface area contributed by atoms with Crippen LogP contribution in [0.1, 0.15) is 35.0 Å². The second-order valence-electron chi connectivity index (χ2n) is 6.96. The quantitative estimate of drug-likeness (QED) is 0.718. The number of halogens is 1. The Balaban J connectivity index is 1.72. The van der Waals surface area contributed by atoms with Crippen LogP contribution in [0.4, 0.5) is 0 Å². The molecule has 1 saturated heterocycles. The molecule has 2 atom stereocenters. The van der Waals surface area contributed by atoms with Crippen molar-refractivity contribution in [2.45, 2.75) is 31.4 Å². The van der Waals surface area contributed by atoms with Gasteiger partial charge in [-0.15, -0.1) is 0 Å². The van der Waals surface area contributed by atoms with Gasteiger partial charge in [0.2, 0.25) is 0 Å². The minimum Gasteiger partial charge on any atom is -0.349 e. The van der Waals surface area contributed by atoms with Crippen molar-refractivity contribution in [3.8, 4) is 0 Å². The summed E-state index contributed by atoms with van der Waals surface area (Å²) in [5.74, 6) is 0.944. The summed E-state index contributed by atoms with van der Waals surface area (Å²) in [5, 5.41) is 2.72. The maximum atomic E-state index is 6.30. The maximum Gasteiger partial charge on any atom is 0.108 e. The number of H-pyrrole nitrogens is 1. The molecule has 4 rings (SSSR count). The molecule has 1 fully saturated rings. The summed E-state index contributed by atoms with van der Waals surface area (Å²) in [6.45, 7) is 2.10. The van der Waals surface area contributed by atoms with Gasteiger partial charge in [-0.2, -0.15) is 5.06 Å². The first kappa shape index (κ1) is 17.3. The van der Waals surface area contributed by atoms with Gasteiger partial charge in [0.05, 0.1) is 5.54 Å². The van der Waals surface area contributed by atoms with Crippen LogP contribution in [0.3, 0.4) is 0 Å². The van der Waals surface area contributed by atoms with Crippen LogP contribution in [0, 0.1) is 6.92 Å². The van der Waals surface area contributed by atoms with Gasteiger partial charge >= 0.3 is 0 Å². The number of likely N-dealkylation sites (N-methyl/N-ethyl adjacent to an activating group) is 1. The van der Waals surface area contributed by atoms with Crippen molar-refractivity contribution in [3.05, 3.63) is 88.5 Å². The van der Waals surface area contributed by atoms with Crippen molar-refractivity contribution in [1.29, 1.82) is 0 Å². The van der Waals surface area contributed by atoms with E-state index < -0.39 is 0 Å². The molecule has 2 aromatic carbocycles. The lowest BCUT2D eigenvalue weighted by molar-refractivity contribution is -0.173. The normalized spacial score (nSPS) is 23.4. The number of hydrogen-bond donors (Lipinski definition) is 1. The number of benzene rings is 2. The van der Waals surface area contributed by atoms with Crippen molar-refractivity contribution < 1.29 is 4.84 Å². The van der Waals surface area contributed by atoms with Crippen LogP contribution >= 0.6 is 11.6 Å². The van der Waals surface area contributed by atoms with Gasteiger partial charge in [-0.25, -0.2) is 4.98 Å². The molecule has 134 valence electrons. The Bertz CT molecular complexity index is 861. The van der Waals surface area contributed by atoms with Gasteiger partial charge in [-0.1, -0.05) is 53.6 Å². The Morgan fingerprint density at radius 3 is 2.58 bits per heavy atom. The highest BCUT2D eigenvalue weighted by Crippen LogP contribution is 2.47. The van der Waals surface area contributed by atoms with Gasteiger partial charge in [0.25, 0.3) is 0 Å². The molecule has 0 spiro atoms. The van der Waals surface area contributed by atoms with Crippen LogP contribution in [0.2, 0.25) is 5.02 Å². The van der Waals surface area contributed by atoms with E-state index >= 15 is 0 Å². The predicted octanol–water partition coefficient (Wildman–Crippen LogP) is 4.82. The molecule has 0 radical (unpaired) electrons. The van der Waals surface area contributed by atoms with E-state index in [2.05, 4.69) is 53.3 Å². The van der Waals surface area contributed by atoms with Gasteiger partial charge in [0.1, 0.15) is 11.9 Å². The Hall–Kier alpha value is -2.14. The van der Waals surface area contributed by atoms with Gasteiger partial charge < -0.3 is 4.98 Å². The standard InChI is InChI=1S/C21H22ClN3O/c1-15-3-5-16(6-4-15)19-13-21(25(2)26-19,14-20-23-11-12-24-20)17-7-9-18(22)10-8-17/h3-12,19H,13-14H2,1-2H3,(H,23,24). The van der Waals surface area contributed by atoms with Gasteiger partial charge in [-0.3, -0.25) is 4.84 Å². The number of aromatic amines is 1.